The number of hydrogen-bond donors (Lipinski definition) is 2. The summed E-state index contributed by atoms with van der Waals surface area (Å²) in [5.74, 6) is -0.427. The van der Waals surface area contributed by atoms with E-state index >= 15 is 0 Å². The van der Waals surface area contributed by atoms with Crippen LogP contribution in [0.25, 0.3) is 16.6 Å². The number of carbonyl (C=O) groups excluding carboxylic acids is 2. The van der Waals surface area contributed by atoms with Gasteiger partial charge in [0.05, 0.1) is 11.7 Å². The van der Waals surface area contributed by atoms with Crippen LogP contribution in [0.1, 0.15) is 16.8 Å². The van der Waals surface area contributed by atoms with Crippen molar-refractivity contribution in [3.05, 3.63) is 60.4 Å². The molecule has 7 nitrogen and oxygen atoms in total. The minimum absolute atomic E-state index is 0.149. The van der Waals surface area contributed by atoms with Crippen molar-refractivity contribution in [2.75, 3.05) is 19.7 Å². The van der Waals surface area contributed by atoms with E-state index in [1.807, 2.05) is 42.6 Å². The lowest BCUT2D eigenvalue weighted by atomic mass is 10.0. The van der Waals surface area contributed by atoms with Crippen LogP contribution in [-0.2, 0) is 4.79 Å². The zero-order chi connectivity index (χ0) is 18.8. The Morgan fingerprint density at radius 3 is 3.00 bits per heavy atom. The first-order valence-electron chi connectivity index (χ1n) is 8.91. The second-order valence-corrected chi connectivity index (χ2v) is 6.49. The van der Waals surface area contributed by atoms with Crippen molar-refractivity contribution in [1.82, 2.24) is 19.8 Å². The summed E-state index contributed by atoms with van der Waals surface area (Å²) in [6.45, 7) is 0.695. The Bertz CT molecular complexity index is 998. The molecule has 2 amide bonds. The lowest BCUT2D eigenvalue weighted by Gasteiger charge is -2.34. The fourth-order valence-corrected chi connectivity index (χ4v) is 3.51. The molecule has 2 aromatic heterocycles. The number of piperazine rings is 1. The second-order valence-electron chi connectivity index (χ2n) is 6.49. The van der Waals surface area contributed by atoms with Crippen LogP contribution >= 0.6 is 0 Å². The van der Waals surface area contributed by atoms with E-state index in [0.717, 1.165) is 16.6 Å². The Morgan fingerprint density at radius 1 is 1.26 bits per heavy atom. The number of aliphatic hydroxyl groups excluding tert-OH is 1. The molecule has 27 heavy (non-hydrogen) atoms. The first-order valence-corrected chi connectivity index (χ1v) is 8.91. The van der Waals surface area contributed by atoms with Gasteiger partial charge in [0.1, 0.15) is 6.04 Å². The lowest BCUT2D eigenvalue weighted by Crippen LogP contribution is -2.57. The van der Waals surface area contributed by atoms with Gasteiger partial charge in [0.15, 0.2) is 0 Å². The van der Waals surface area contributed by atoms with E-state index in [4.69, 9.17) is 0 Å². The van der Waals surface area contributed by atoms with Gasteiger partial charge in [-0.25, -0.2) is 4.52 Å². The van der Waals surface area contributed by atoms with Crippen molar-refractivity contribution in [3.8, 4) is 11.1 Å². The summed E-state index contributed by atoms with van der Waals surface area (Å²) >= 11 is 0. The van der Waals surface area contributed by atoms with E-state index in [-0.39, 0.29) is 24.8 Å². The minimum atomic E-state index is -0.642. The SMILES string of the molecule is O=C1NCCN(C(=O)c2cccc(-c3cnn4ccccc34)c2)[C@H]1CCO. The molecular formula is C20H20N4O3. The van der Waals surface area contributed by atoms with Gasteiger partial charge in [-0.3, -0.25) is 9.59 Å². The number of nitrogens with one attached hydrogen (secondary N) is 1. The standard InChI is InChI=1S/C20H20N4O3/c25-11-7-18-19(26)21-8-10-23(18)20(27)15-5-3-4-14(12-15)16-13-22-24-9-2-1-6-17(16)24/h1-6,9,12-13,18,25H,7-8,10-11H2,(H,21,26)/t18-/m0/s1. The van der Waals surface area contributed by atoms with Crippen molar-refractivity contribution in [1.29, 1.82) is 0 Å². The predicted molar refractivity (Wildman–Crippen MR) is 100 cm³/mol. The molecule has 3 heterocycles. The summed E-state index contributed by atoms with van der Waals surface area (Å²) in [7, 11) is 0. The normalized spacial score (nSPS) is 17.1. The molecule has 0 bridgehead atoms. The zero-order valence-corrected chi connectivity index (χ0v) is 14.7. The van der Waals surface area contributed by atoms with Gasteiger partial charge in [-0.1, -0.05) is 18.2 Å². The highest BCUT2D eigenvalue weighted by Crippen LogP contribution is 2.26. The van der Waals surface area contributed by atoms with E-state index in [1.54, 1.807) is 21.7 Å². The van der Waals surface area contributed by atoms with Crippen LogP contribution in [0.2, 0.25) is 0 Å². The van der Waals surface area contributed by atoms with Gasteiger partial charge < -0.3 is 15.3 Å². The van der Waals surface area contributed by atoms with Crippen LogP contribution in [0, 0.1) is 0 Å². The predicted octanol–water partition coefficient (Wildman–Crippen LogP) is 1.32. The third-order valence-electron chi connectivity index (χ3n) is 4.84. The van der Waals surface area contributed by atoms with Crippen LogP contribution in [0.4, 0.5) is 0 Å². The number of benzene rings is 1. The molecule has 0 unspecified atom stereocenters. The molecule has 1 aromatic carbocycles. The smallest absolute Gasteiger partial charge is 0.254 e. The Balaban J connectivity index is 1.67. The number of aliphatic hydroxyl groups is 1. The van der Waals surface area contributed by atoms with Gasteiger partial charge in [0.25, 0.3) is 5.91 Å². The second kappa shape index (κ2) is 7.20. The van der Waals surface area contributed by atoms with E-state index in [9.17, 15) is 14.7 Å². The summed E-state index contributed by atoms with van der Waals surface area (Å²) in [6.07, 6.45) is 3.88. The van der Waals surface area contributed by atoms with Crippen LogP contribution in [0.5, 0.6) is 0 Å². The maximum atomic E-state index is 13.1. The van der Waals surface area contributed by atoms with Gasteiger partial charge in [-0.2, -0.15) is 5.10 Å². The monoisotopic (exact) mass is 364 g/mol. The van der Waals surface area contributed by atoms with Gasteiger partial charge in [-0.05, 0) is 36.2 Å². The molecule has 1 saturated heterocycles. The maximum absolute atomic E-state index is 13.1. The number of pyridine rings is 1. The number of aromatic nitrogens is 2. The Morgan fingerprint density at radius 2 is 2.15 bits per heavy atom. The molecule has 1 fully saturated rings. The Hall–Kier alpha value is -3.19. The van der Waals surface area contributed by atoms with Gasteiger partial charge in [0.2, 0.25) is 5.91 Å². The van der Waals surface area contributed by atoms with E-state index in [1.165, 1.54) is 0 Å². The molecule has 0 saturated carbocycles. The van der Waals surface area contributed by atoms with Crippen LogP contribution in [0.15, 0.2) is 54.9 Å². The van der Waals surface area contributed by atoms with Gasteiger partial charge >= 0.3 is 0 Å². The molecule has 0 aliphatic carbocycles. The summed E-state index contributed by atoms with van der Waals surface area (Å²) in [5, 5.41) is 16.3. The van der Waals surface area contributed by atoms with E-state index in [0.29, 0.717) is 18.7 Å². The number of carbonyl (C=O) groups is 2. The van der Waals surface area contributed by atoms with Crippen molar-refractivity contribution >= 4 is 17.3 Å². The summed E-state index contributed by atoms with van der Waals surface area (Å²) < 4.78 is 1.79. The molecular weight excluding hydrogens is 344 g/mol. The highest BCUT2D eigenvalue weighted by molar-refractivity contribution is 5.99. The fourth-order valence-electron chi connectivity index (χ4n) is 3.51. The summed E-state index contributed by atoms with van der Waals surface area (Å²) in [4.78, 5) is 26.7. The first kappa shape index (κ1) is 17.2. The summed E-state index contributed by atoms with van der Waals surface area (Å²) in [5.41, 5.74) is 3.30. The van der Waals surface area contributed by atoms with Gasteiger partial charge in [0, 0.05) is 37.0 Å². The molecule has 4 rings (SSSR count). The molecule has 2 N–H and O–H groups in total. The Labute approximate surface area is 156 Å². The average Bonchev–Trinajstić information content (AvgIpc) is 3.13. The first-order chi connectivity index (χ1) is 13.2. The number of rotatable bonds is 4. The van der Waals surface area contributed by atoms with Crippen LogP contribution < -0.4 is 5.32 Å². The van der Waals surface area contributed by atoms with E-state index < -0.39 is 6.04 Å². The maximum Gasteiger partial charge on any atom is 0.254 e. The number of amides is 2. The fraction of sp³-hybridized carbons (Fsp3) is 0.250. The third-order valence-corrected chi connectivity index (χ3v) is 4.84. The van der Waals surface area contributed by atoms with Crippen molar-refractivity contribution in [2.45, 2.75) is 12.5 Å². The van der Waals surface area contributed by atoms with Crippen molar-refractivity contribution in [3.63, 3.8) is 0 Å². The molecule has 1 aliphatic heterocycles. The number of hydrogen-bond acceptors (Lipinski definition) is 4. The third kappa shape index (κ3) is 3.17. The molecule has 3 aromatic rings. The number of nitrogens with zero attached hydrogens (tertiary/aromatic N) is 3. The molecule has 7 heteroatoms. The lowest BCUT2D eigenvalue weighted by molar-refractivity contribution is -0.128. The van der Waals surface area contributed by atoms with Crippen molar-refractivity contribution in [2.24, 2.45) is 0 Å². The van der Waals surface area contributed by atoms with Crippen LogP contribution in [-0.4, -0.2) is 57.2 Å². The van der Waals surface area contributed by atoms with E-state index in [2.05, 4.69) is 10.4 Å². The topological polar surface area (TPSA) is 86.9 Å². The highest BCUT2D eigenvalue weighted by atomic mass is 16.3. The molecule has 0 radical (unpaired) electrons. The molecule has 1 atom stereocenters. The molecule has 0 spiro atoms. The highest BCUT2D eigenvalue weighted by Gasteiger charge is 2.33. The average molecular weight is 364 g/mol. The molecule has 1 aliphatic rings. The minimum Gasteiger partial charge on any atom is -0.396 e. The summed E-state index contributed by atoms with van der Waals surface area (Å²) in [6, 6.07) is 12.5. The van der Waals surface area contributed by atoms with Crippen molar-refractivity contribution < 1.29 is 14.7 Å². The largest absolute Gasteiger partial charge is 0.396 e. The quantitative estimate of drug-likeness (QED) is 0.731. The number of fused-ring (bicyclic) bond motifs is 1. The zero-order valence-electron chi connectivity index (χ0n) is 14.7. The van der Waals surface area contributed by atoms with Gasteiger partial charge in [-0.15, -0.1) is 0 Å². The molecule has 138 valence electrons. The Kier molecular flexibility index (Phi) is 4.60. The van der Waals surface area contributed by atoms with Crippen LogP contribution in [0.3, 0.4) is 0 Å².